The van der Waals surface area contributed by atoms with Gasteiger partial charge < -0.3 is 9.13 Å². The standard InChI is InChI=1S/C50H30N4S/c1-3-13-31(14-4-1)48-38-19-7-10-20-41(38)51-50(52-48)32-23-25-34(26-24-32)53-42-21-11-8-17-35(42)39-29-40-45(30-44(39)53)54(33-15-5-2-6-16-33)43-28-27-37-36-18-9-12-22-46(36)55-49(37)47(40)43/h1-30H. The highest BCUT2D eigenvalue weighted by atomic mass is 32.1. The molecule has 0 aliphatic carbocycles. The lowest BCUT2D eigenvalue weighted by Crippen LogP contribution is -1.97. The van der Waals surface area contributed by atoms with Crippen molar-refractivity contribution < 1.29 is 0 Å². The van der Waals surface area contributed by atoms with Gasteiger partial charge in [-0.05, 0) is 72.8 Å². The van der Waals surface area contributed by atoms with E-state index in [2.05, 4.69) is 179 Å². The fourth-order valence-electron chi connectivity index (χ4n) is 8.66. The minimum Gasteiger partial charge on any atom is -0.309 e. The van der Waals surface area contributed by atoms with Gasteiger partial charge >= 0.3 is 0 Å². The van der Waals surface area contributed by atoms with Crippen LogP contribution in [0, 0.1) is 0 Å². The summed E-state index contributed by atoms with van der Waals surface area (Å²) in [7, 11) is 0. The Morgan fingerprint density at radius 2 is 1.04 bits per heavy atom. The molecule has 0 saturated carbocycles. The predicted molar refractivity (Wildman–Crippen MR) is 232 cm³/mol. The molecule has 0 bridgehead atoms. The van der Waals surface area contributed by atoms with Crippen molar-refractivity contribution in [1.29, 1.82) is 0 Å². The quantitative estimate of drug-likeness (QED) is 0.182. The summed E-state index contributed by atoms with van der Waals surface area (Å²) in [5, 5.41) is 8.73. The number of aromatic nitrogens is 4. The predicted octanol–water partition coefficient (Wildman–Crippen LogP) is 13.5. The molecule has 0 unspecified atom stereocenters. The van der Waals surface area contributed by atoms with Crippen molar-refractivity contribution in [2.75, 3.05) is 0 Å². The first kappa shape index (κ1) is 30.4. The highest BCUT2D eigenvalue weighted by molar-refractivity contribution is 7.26. The van der Waals surface area contributed by atoms with Gasteiger partial charge in [-0.3, -0.25) is 0 Å². The zero-order valence-electron chi connectivity index (χ0n) is 29.5. The number of nitrogens with zero attached hydrogens (tertiary/aromatic N) is 4. The third-order valence-electron chi connectivity index (χ3n) is 11.1. The van der Waals surface area contributed by atoms with Crippen molar-refractivity contribution in [3.05, 3.63) is 182 Å². The van der Waals surface area contributed by atoms with Crippen molar-refractivity contribution in [3.63, 3.8) is 0 Å². The smallest absolute Gasteiger partial charge is 0.160 e. The lowest BCUT2D eigenvalue weighted by molar-refractivity contribution is 1.16. The number of benzene rings is 8. The third-order valence-corrected chi connectivity index (χ3v) is 12.3. The second-order valence-electron chi connectivity index (χ2n) is 14.2. The molecule has 0 N–H and O–H groups in total. The minimum absolute atomic E-state index is 0.716. The molecule has 5 heteroatoms. The summed E-state index contributed by atoms with van der Waals surface area (Å²) in [6, 6.07) is 65.2. The summed E-state index contributed by atoms with van der Waals surface area (Å²) in [4.78, 5) is 10.2. The molecule has 0 spiro atoms. The molecule has 0 aliphatic rings. The van der Waals surface area contributed by atoms with Crippen molar-refractivity contribution >= 4 is 86.0 Å². The molecule has 12 aromatic rings. The van der Waals surface area contributed by atoms with Crippen molar-refractivity contribution in [3.8, 4) is 34.0 Å². The lowest BCUT2D eigenvalue weighted by atomic mass is 10.1. The first-order valence-corrected chi connectivity index (χ1v) is 19.4. The SMILES string of the molecule is c1ccc(-c2nc(-c3ccc(-n4c5ccccc5c5cc6c7c8sc9ccccc9c8ccc7n(-c7ccccc7)c6cc54)cc3)nc3ccccc23)cc1. The Morgan fingerprint density at radius 3 is 1.87 bits per heavy atom. The highest BCUT2D eigenvalue weighted by Gasteiger charge is 2.21. The zero-order chi connectivity index (χ0) is 36.0. The number of thiophene rings is 1. The topological polar surface area (TPSA) is 35.6 Å². The molecule has 0 radical (unpaired) electrons. The van der Waals surface area contributed by atoms with Gasteiger partial charge in [0.25, 0.3) is 0 Å². The monoisotopic (exact) mass is 718 g/mol. The first-order chi connectivity index (χ1) is 27.3. The van der Waals surface area contributed by atoms with Gasteiger partial charge in [-0.15, -0.1) is 11.3 Å². The molecular weight excluding hydrogens is 689 g/mol. The van der Waals surface area contributed by atoms with E-state index in [-0.39, 0.29) is 0 Å². The molecule has 4 nitrogen and oxygen atoms in total. The van der Waals surface area contributed by atoms with Crippen LogP contribution in [-0.4, -0.2) is 19.1 Å². The summed E-state index contributed by atoms with van der Waals surface area (Å²) in [5.41, 5.74) is 10.9. The molecule has 0 aliphatic heterocycles. The van der Waals surface area contributed by atoms with Crippen LogP contribution in [0.1, 0.15) is 0 Å². The molecule has 8 aromatic carbocycles. The van der Waals surface area contributed by atoms with Gasteiger partial charge in [0.15, 0.2) is 5.82 Å². The second-order valence-corrected chi connectivity index (χ2v) is 15.2. The second kappa shape index (κ2) is 11.7. The minimum atomic E-state index is 0.716. The van der Waals surface area contributed by atoms with Crippen LogP contribution in [0.4, 0.5) is 0 Å². The summed E-state index contributed by atoms with van der Waals surface area (Å²) in [6.07, 6.45) is 0. The van der Waals surface area contributed by atoms with Crippen LogP contribution >= 0.6 is 11.3 Å². The van der Waals surface area contributed by atoms with Crippen LogP contribution in [0.5, 0.6) is 0 Å². The van der Waals surface area contributed by atoms with E-state index in [0.717, 1.165) is 39.1 Å². The van der Waals surface area contributed by atoms with Crippen LogP contribution in [0.25, 0.3) is 109 Å². The fourth-order valence-corrected chi connectivity index (χ4v) is 9.92. The zero-order valence-corrected chi connectivity index (χ0v) is 30.3. The van der Waals surface area contributed by atoms with Gasteiger partial charge in [-0.2, -0.15) is 0 Å². The number of rotatable bonds is 4. The molecule has 0 fully saturated rings. The Morgan fingerprint density at radius 1 is 0.382 bits per heavy atom. The normalized spacial score (nSPS) is 12.0. The largest absolute Gasteiger partial charge is 0.309 e. The highest BCUT2D eigenvalue weighted by Crippen LogP contribution is 2.45. The molecule has 4 aromatic heterocycles. The van der Waals surface area contributed by atoms with Crippen LogP contribution in [-0.2, 0) is 0 Å². The first-order valence-electron chi connectivity index (χ1n) is 18.6. The summed E-state index contributed by atoms with van der Waals surface area (Å²) in [6.45, 7) is 0. The maximum atomic E-state index is 5.14. The summed E-state index contributed by atoms with van der Waals surface area (Å²) in [5.74, 6) is 0.716. The van der Waals surface area contributed by atoms with Crippen LogP contribution in [0.15, 0.2) is 182 Å². The Labute approximate surface area is 319 Å². The fraction of sp³-hybridized carbons (Fsp3) is 0. The molecular formula is C50H30N4S. The summed E-state index contributed by atoms with van der Waals surface area (Å²) < 4.78 is 7.51. The molecule has 0 atom stereocenters. The maximum absolute atomic E-state index is 5.14. The van der Waals surface area contributed by atoms with Gasteiger partial charge in [0, 0.05) is 69.6 Å². The van der Waals surface area contributed by atoms with Crippen molar-refractivity contribution in [2.45, 2.75) is 0 Å². The molecule has 256 valence electrons. The van der Waals surface area contributed by atoms with Crippen LogP contribution < -0.4 is 0 Å². The average Bonchev–Trinajstić information content (AvgIpc) is 3.90. The molecule has 12 rings (SSSR count). The molecule has 0 saturated heterocycles. The Kier molecular flexibility index (Phi) is 6.47. The third kappa shape index (κ3) is 4.51. The summed E-state index contributed by atoms with van der Waals surface area (Å²) >= 11 is 1.90. The van der Waals surface area contributed by atoms with E-state index in [4.69, 9.17) is 9.97 Å². The Bertz CT molecular complexity index is 3470. The van der Waals surface area contributed by atoms with E-state index in [1.807, 2.05) is 23.5 Å². The van der Waals surface area contributed by atoms with E-state index in [0.29, 0.717) is 5.82 Å². The van der Waals surface area contributed by atoms with Crippen LogP contribution in [0.3, 0.4) is 0 Å². The number of fused-ring (bicyclic) bond motifs is 11. The molecule has 55 heavy (non-hydrogen) atoms. The van der Waals surface area contributed by atoms with Crippen LogP contribution in [0.2, 0.25) is 0 Å². The average molecular weight is 719 g/mol. The van der Waals surface area contributed by atoms with Gasteiger partial charge in [0.1, 0.15) is 0 Å². The number of hydrogen-bond acceptors (Lipinski definition) is 3. The van der Waals surface area contributed by atoms with Crippen molar-refractivity contribution in [2.24, 2.45) is 0 Å². The van der Waals surface area contributed by atoms with E-state index < -0.39 is 0 Å². The van der Waals surface area contributed by atoms with Gasteiger partial charge in [0.2, 0.25) is 0 Å². The van der Waals surface area contributed by atoms with E-state index in [1.54, 1.807) is 0 Å². The Hall–Kier alpha value is -7.08. The van der Waals surface area contributed by atoms with E-state index in [1.165, 1.54) is 63.8 Å². The van der Waals surface area contributed by atoms with Crippen molar-refractivity contribution in [1.82, 2.24) is 19.1 Å². The van der Waals surface area contributed by atoms with Gasteiger partial charge in [-0.1, -0.05) is 109 Å². The molecule has 4 heterocycles. The molecule has 0 amide bonds. The van der Waals surface area contributed by atoms with Gasteiger partial charge in [-0.25, -0.2) is 9.97 Å². The Balaban J connectivity index is 1.10. The van der Waals surface area contributed by atoms with E-state index in [9.17, 15) is 0 Å². The van der Waals surface area contributed by atoms with Gasteiger partial charge in [0.05, 0.1) is 33.3 Å². The maximum Gasteiger partial charge on any atom is 0.160 e. The number of hydrogen-bond donors (Lipinski definition) is 0. The van der Waals surface area contributed by atoms with E-state index >= 15 is 0 Å². The number of para-hydroxylation sites is 3. The lowest BCUT2D eigenvalue weighted by Gasteiger charge is -2.12.